The molecule has 0 saturated heterocycles. The van der Waals surface area contributed by atoms with Crippen molar-refractivity contribution in [3.63, 3.8) is 0 Å². The summed E-state index contributed by atoms with van der Waals surface area (Å²) in [5.41, 5.74) is 2.11. The molecule has 0 bridgehead atoms. The quantitative estimate of drug-likeness (QED) is 0.728. The van der Waals surface area contributed by atoms with Gasteiger partial charge in [0.1, 0.15) is 17.2 Å². The van der Waals surface area contributed by atoms with Crippen LogP contribution in [-0.2, 0) is 0 Å². The number of nitrogens with zero attached hydrogens (tertiary/aromatic N) is 2. The van der Waals surface area contributed by atoms with Crippen molar-refractivity contribution in [2.75, 3.05) is 5.32 Å². The second-order valence-corrected chi connectivity index (χ2v) is 7.42. The number of fused-ring (bicyclic) bond motifs is 1. The molecule has 3 nitrogen and oxygen atoms in total. The third-order valence-electron chi connectivity index (χ3n) is 4.45. The first-order valence-electron chi connectivity index (χ1n) is 8.12. The molecule has 0 spiro atoms. The van der Waals surface area contributed by atoms with Crippen LogP contribution >= 0.6 is 11.3 Å². The van der Waals surface area contributed by atoms with E-state index in [1.165, 1.54) is 41.9 Å². The number of nitrogens with one attached hydrogen (secondary N) is 1. The third-order valence-corrected chi connectivity index (χ3v) is 5.46. The van der Waals surface area contributed by atoms with E-state index in [9.17, 15) is 0 Å². The second-order valence-electron chi connectivity index (χ2n) is 6.13. The summed E-state index contributed by atoms with van der Waals surface area (Å²) in [6.45, 7) is 2.15. The molecule has 1 N–H and O–H groups in total. The van der Waals surface area contributed by atoms with Gasteiger partial charge in [0.05, 0.1) is 4.88 Å². The second kappa shape index (κ2) is 5.76. The predicted octanol–water partition coefficient (Wildman–Crippen LogP) is 5.12. The van der Waals surface area contributed by atoms with Crippen molar-refractivity contribution >= 4 is 22.8 Å². The van der Waals surface area contributed by atoms with Crippen LogP contribution in [0.3, 0.4) is 0 Å². The molecule has 4 heteroatoms. The Morgan fingerprint density at radius 2 is 2.00 bits per heavy atom. The lowest BCUT2D eigenvalue weighted by atomic mass is 9.95. The largest absolute Gasteiger partial charge is 0.367 e. The average Bonchev–Trinajstić information content (AvgIpc) is 3.13. The van der Waals surface area contributed by atoms with Crippen LogP contribution in [-0.4, -0.2) is 15.4 Å². The van der Waals surface area contributed by atoms with Crippen molar-refractivity contribution in [1.82, 2.24) is 9.38 Å². The van der Waals surface area contributed by atoms with Gasteiger partial charge in [0, 0.05) is 17.1 Å². The maximum absolute atomic E-state index is 4.87. The smallest absolute Gasteiger partial charge is 0.139 e. The lowest BCUT2D eigenvalue weighted by Crippen LogP contribution is -2.23. The Labute approximate surface area is 135 Å². The molecule has 3 aromatic rings. The number of imidazole rings is 1. The van der Waals surface area contributed by atoms with Crippen molar-refractivity contribution in [2.45, 2.75) is 45.1 Å². The summed E-state index contributed by atoms with van der Waals surface area (Å²) in [5.74, 6) is 1.16. The van der Waals surface area contributed by atoms with Gasteiger partial charge in [0.25, 0.3) is 0 Å². The highest BCUT2D eigenvalue weighted by Gasteiger charge is 2.20. The van der Waals surface area contributed by atoms with Crippen molar-refractivity contribution in [3.05, 3.63) is 41.4 Å². The van der Waals surface area contributed by atoms with Crippen LogP contribution in [0.1, 0.15) is 37.0 Å². The summed E-state index contributed by atoms with van der Waals surface area (Å²) in [7, 11) is 0. The molecule has 4 rings (SSSR count). The fraction of sp³-hybridized carbons (Fsp3) is 0.389. The third kappa shape index (κ3) is 2.52. The number of anilines is 1. The number of rotatable bonds is 3. The zero-order valence-corrected chi connectivity index (χ0v) is 13.7. The first kappa shape index (κ1) is 13.8. The Hall–Kier alpha value is -1.81. The van der Waals surface area contributed by atoms with Crippen molar-refractivity contribution in [1.29, 1.82) is 0 Å². The first-order valence-corrected chi connectivity index (χ1v) is 8.93. The van der Waals surface area contributed by atoms with Gasteiger partial charge in [0.2, 0.25) is 0 Å². The fourth-order valence-electron chi connectivity index (χ4n) is 3.31. The predicted molar refractivity (Wildman–Crippen MR) is 93.7 cm³/mol. The standard InChI is InChI=1S/C18H21N3S/c1-13-10-11-15(22-13)17-18(19-14-7-3-2-4-8-14)21-12-6-5-9-16(21)20-17/h5-6,9-12,14,19H,2-4,7-8H2,1H3. The van der Waals surface area contributed by atoms with Crippen LogP contribution in [0.25, 0.3) is 16.2 Å². The minimum absolute atomic E-state index is 0.577. The maximum atomic E-state index is 4.87. The SMILES string of the molecule is Cc1ccc(-c2nc3ccccn3c2NC2CCCCC2)s1. The van der Waals surface area contributed by atoms with Crippen LogP contribution < -0.4 is 5.32 Å². The molecule has 22 heavy (non-hydrogen) atoms. The van der Waals surface area contributed by atoms with Crippen LogP contribution in [0.15, 0.2) is 36.5 Å². The summed E-state index contributed by atoms with van der Waals surface area (Å²) in [5, 5.41) is 3.79. The lowest BCUT2D eigenvalue weighted by molar-refractivity contribution is 0.462. The monoisotopic (exact) mass is 311 g/mol. The van der Waals surface area contributed by atoms with Crippen LogP contribution in [0, 0.1) is 6.92 Å². The van der Waals surface area contributed by atoms with Gasteiger partial charge in [-0.15, -0.1) is 11.3 Å². The molecule has 0 amide bonds. The Morgan fingerprint density at radius 1 is 1.14 bits per heavy atom. The number of aryl methyl sites for hydroxylation is 1. The summed E-state index contributed by atoms with van der Waals surface area (Å²) in [4.78, 5) is 7.45. The van der Waals surface area contributed by atoms with Gasteiger partial charge >= 0.3 is 0 Å². The normalized spacial score (nSPS) is 16.2. The molecular formula is C18H21N3S. The molecule has 114 valence electrons. The molecule has 1 aliphatic rings. The zero-order valence-electron chi connectivity index (χ0n) is 12.9. The molecule has 0 unspecified atom stereocenters. The number of thiophene rings is 1. The van der Waals surface area contributed by atoms with E-state index in [0.717, 1.165) is 17.2 Å². The summed E-state index contributed by atoms with van der Waals surface area (Å²) in [6, 6.07) is 11.1. The Balaban J connectivity index is 1.79. The van der Waals surface area contributed by atoms with Crippen molar-refractivity contribution < 1.29 is 0 Å². The Bertz CT molecular complexity index is 781. The van der Waals surface area contributed by atoms with Crippen LogP contribution in [0.4, 0.5) is 5.82 Å². The molecule has 3 heterocycles. The number of aromatic nitrogens is 2. The van der Waals surface area contributed by atoms with E-state index in [1.807, 2.05) is 11.3 Å². The molecule has 0 atom stereocenters. The maximum Gasteiger partial charge on any atom is 0.139 e. The van der Waals surface area contributed by atoms with Gasteiger partial charge in [-0.05, 0) is 44.0 Å². The van der Waals surface area contributed by atoms with Gasteiger partial charge in [-0.2, -0.15) is 0 Å². The van der Waals surface area contributed by atoms with Gasteiger partial charge in [-0.3, -0.25) is 4.40 Å². The van der Waals surface area contributed by atoms with Gasteiger partial charge in [-0.1, -0.05) is 25.3 Å². The van der Waals surface area contributed by atoms with E-state index in [2.05, 4.69) is 53.2 Å². The average molecular weight is 311 g/mol. The minimum Gasteiger partial charge on any atom is -0.367 e. The molecular weight excluding hydrogens is 290 g/mol. The van der Waals surface area contributed by atoms with Crippen LogP contribution in [0.5, 0.6) is 0 Å². The van der Waals surface area contributed by atoms with E-state index in [-0.39, 0.29) is 0 Å². The highest BCUT2D eigenvalue weighted by Crippen LogP contribution is 2.35. The Morgan fingerprint density at radius 3 is 2.77 bits per heavy atom. The summed E-state index contributed by atoms with van der Waals surface area (Å²) in [6.07, 6.45) is 8.69. The zero-order chi connectivity index (χ0) is 14.9. The van der Waals surface area contributed by atoms with E-state index in [4.69, 9.17) is 4.98 Å². The Kier molecular flexibility index (Phi) is 3.62. The summed E-state index contributed by atoms with van der Waals surface area (Å²) >= 11 is 1.82. The fourth-order valence-corrected chi connectivity index (χ4v) is 4.17. The number of pyridine rings is 1. The molecule has 0 radical (unpaired) electrons. The highest BCUT2D eigenvalue weighted by atomic mass is 32.1. The summed E-state index contributed by atoms with van der Waals surface area (Å²) < 4.78 is 2.19. The van der Waals surface area contributed by atoms with E-state index < -0.39 is 0 Å². The van der Waals surface area contributed by atoms with Gasteiger partial charge < -0.3 is 5.32 Å². The van der Waals surface area contributed by atoms with Gasteiger partial charge in [0.15, 0.2) is 0 Å². The first-order chi connectivity index (χ1) is 10.8. The topological polar surface area (TPSA) is 29.3 Å². The molecule has 1 saturated carbocycles. The van der Waals surface area contributed by atoms with Crippen molar-refractivity contribution in [3.8, 4) is 10.6 Å². The lowest BCUT2D eigenvalue weighted by Gasteiger charge is -2.24. The molecule has 0 aliphatic heterocycles. The molecule has 1 fully saturated rings. The molecule has 0 aromatic carbocycles. The van der Waals surface area contributed by atoms with E-state index in [1.54, 1.807) is 0 Å². The number of hydrogen-bond acceptors (Lipinski definition) is 3. The van der Waals surface area contributed by atoms with E-state index in [0.29, 0.717) is 6.04 Å². The van der Waals surface area contributed by atoms with E-state index >= 15 is 0 Å². The highest BCUT2D eigenvalue weighted by molar-refractivity contribution is 7.15. The minimum atomic E-state index is 0.577. The molecule has 1 aliphatic carbocycles. The molecule has 3 aromatic heterocycles. The van der Waals surface area contributed by atoms with Crippen LogP contribution in [0.2, 0.25) is 0 Å². The van der Waals surface area contributed by atoms with Gasteiger partial charge in [-0.25, -0.2) is 4.98 Å². The number of hydrogen-bond donors (Lipinski definition) is 1. The van der Waals surface area contributed by atoms with Crippen molar-refractivity contribution in [2.24, 2.45) is 0 Å².